The minimum absolute atomic E-state index is 0.386. The Labute approximate surface area is 176 Å². The van der Waals surface area contributed by atoms with Gasteiger partial charge in [-0.25, -0.2) is 0 Å². The van der Waals surface area contributed by atoms with Gasteiger partial charge in [0.1, 0.15) is 6.23 Å². The molecule has 1 fully saturated rings. The third-order valence-electron chi connectivity index (χ3n) is 5.88. The van der Waals surface area contributed by atoms with Crippen LogP contribution in [-0.4, -0.2) is 53.1 Å². The van der Waals surface area contributed by atoms with Gasteiger partial charge in [0.2, 0.25) is 0 Å². The third-order valence-corrected chi connectivity index (χ3v) is 5.88. The summed E-state index contributed by atoms with van der Waals surface area (Å²) in [7, 11) is 1.61. The van der Waals surface area contributed by atoms with Crippen LogP contribution in [0.15, 0.2) is 60.8 Å². The lowest BCUT2D eigenvalue weighted by Gasteiger charge is -2.40. The highest BCUT2D eigenvalue weighted by atomic mass is 16.5. The number of aliphatic hydroxyl groups excluding tert-OH is 1. The zero-order valence-electron chi connectivity index (χ0n) is 17.2. The average molecular weight is 408 g/mol. The maximum absolute atomic E-state index is 11.2. The Hall–Kier alpha value is -2.67. The molecule has 2 N–H and O–H groups in total. The molecule has 4 rings (SSSR count). The summed E-state index contributed by atoms with van der Waals surface area (Å²) in [6.45, 7) is 1.61. The molecule has 30 heavy (non-hydrogen) atoms. The predicted octanol–water partition coefficient (Wildman–Crippen LogP) is 3.31. The standard InChI is InChI=1S/C24H28N2O4/c1-29-21-8-4-5-9-22(21)30-15-10-23(27)26-13-11-24(28,12-14-26)19-16-18-6-2-3-7-20(18)25-17-19/h2-9,16-17,23,27-28H,10-15H2,1H3/t23-/m0/s1. The van der Waals surface area contributed by atoms with Gasteiger partial charge in [-0.1, -0.05) is 30.3 Å². The number of rotatable bonds is 7. The predicted molar refractivity (Wildman–Crippen MR) is 116 cm³/mol. The summed E-state index contributed by atoms with van der Waals surface area (Å²) >= 11 is 0. The molecule has 1 aliphatic rings. The van der Waals surface area contributed by atoms with Crippen molar-refractivity contribution in [3.05, 3.63) is 66.4 Å². The molecule has 0 saturated carbocycles. The monoisotopic (exact) mass is 408 g/mol. The van der Waals surface area contributed by atoms with Gasteiger partial charge in [-0.05, 0) is 37.1 Å². The van der Waals surface area contributed by atoms with Crippen LogP contribution in [0, 0.1) is 0 Å². The molecule has 0 aliphatic carbocycles. The van der Waals surface area contributed by atoms with Crippen LogP contribution in [0.2, 0.25) is 0 Å². The maximum Gasteiger partial charge on any atom is 0.161 e. The Bertz CT molecular complexity index is 986. The summed E-state index contributed by atoms with van der Waals surface area (Å²) in [4.78, 5) is 6.48. The van der Waals surface area contributed by atoms with Crippen LogP contribution in [-0.2, 0) is 5.60 Å². The third kappa shape index (κ3) is 4.41. The van der Waals surface area contributed by atoms with E-state index in [9.17, 15) is 10.2 Å². The molecule has 0 spiro atoms. The van der Waals surface area contributed by atoms with Gasteiger partial charge in [0.25, 0.3) is 0 Å². The topological polar surface area (TPSA) is 75.0 Å². The van der Waals surface area contributed by atoms with Gasteiger partial charge >= 0.3 is 0 Å². The second-order valence-corrected chi connectivity index (χ2v) is 7.75. The molecule has 1 atom stereocenters. The van der Waals surface area contributed by atoms with Crippen molar-refractivity contribution in [2.24, 2.45) is 0 Å². The number of piperidine rings is 1. The molecule has 0 radical (unpaired) electrons. The van der Waals surface area contributed by atoms with E-state index in [1.165, 1.54) is 0 Å². The van der Waals surface area contributed by atoms with E-state index in [4.69, 9.17) is 9.47 Å². The molecule has 0 unspecified atom stereocenters. The smallest absolute Gasteiger partial charge is 0.161 e. The first-order valence-corrected chi connectivity index (χ1v) is 10.3. The van der Waals surface area contributed by atoms with Gasteiger partial charge in [0, 0.05) is 36.7 Å². The summed E-state index contributed by atoms with van der Waals surface area (Å²) in [5.41, 5.74) is 0.851. The number of nitrogens with zero attached hydrogens (tertiary/aromatic N) is 2. The molecule has 1 aliphatic heterocycles. The minimum Gasteiger partial charge on any atom is -0.493 e. The van der Waals surface area contributed by atoms with Crippen LogP contribution in [0.3, 0.4) is 0 Å². The number of ether oxygens (including phenoxy) is 2. The number of methoxy groups -OCH3 is 1. The number of likely N-dealkylation sites (tertiary alicyclic amines) is 1. The lowest BCUT2D eigenvalue weighted by Crippen LogP contribution is -2.47. The van der Waals surface area contributed by atoms with Crippen LogP contribution in [0.5, 0.6) is 11.5 Å². The lowest BCUT2D eigenvalue weighted by molar-refractivity contribution is -0.0820. The summed E-state index contributed by atoms with van der Waals surface area (Å²) in [6, 6.07) is 17.4. The van der Waals surface area contributed by atoms with Crippen molar-refractivity contribution in [3.63, 3.8) is 0 Å². The SMILES string of the molecule is COc1ccccc1OCC[C@H](O)N1CCC(O)(c2cnc3ccccc3c2)CC1. The van der Waals surface area contributed by atoms with E-state index in [0.29, 0.717) is 50.5 Å². The highest BCUT2D eigenvalue weighted by Crippen LogP contribution is 2.34. The molecule has 158 valence electrons. The van der Waals surface area contributed by atoms with Gasteiger partial charge in [0.05, 0.1) is 24.8 Å². The van der Waals surface area contributed by atoms with Crippen LogP contribution in [0.25, 0.3) is 10.9 Å². The quantitative estimate of drug-likeness (QED) is 0.625. The molecule has 0 bridgehead atoms. The van der Waals surface area contributed by atoms with E-state index in [2.05, 4.69) is 4.98 Å². The van der Waals surface area contributed by atoms with Crippen molar-refractivity contribution in [1.82, 2.24) is 9.88 Å². The number of benzene rings is 2. The van der Waals surface area contributed by atoms with Crippen LogP contribution in [0.1, 0.15) is 24.8 Å². The number of pyridine rings is 1. The first-order chi connectivity index (χ1) is 14.6. The summed E-state index contributed by atoms with van der Waals surface area (Å²) in [5.74, 6) is 1.35. The number of para-hydroxylation sites is 3. The molecule has 2 aromatic carbocycles. The van der Waals surface area contributed by atoms with E-state index in [1.54, 1.807) is 13.3 Å². The highest BCUT2D eigenvalue weighted by molar-refractivity contribution is 5.78. The second kappa shape index (κ2) is 9.00. The Morgan fingerprint density at radius 1 is 1.07 bits per heavy atom. The van der Waals surface area contributed by atoms with E-state index in [1.807, 2.05) is 59.5 Å². The zero-order chi connectivity index (χ0) is 21.0. The van der Waals surface area contributed by atoms with Gasteiger partial charge in [-0.2, -0.15) is 0 Å². The number of aliphatic hydroxyl groups is 2. The van der Waals surface area contributed by atoms with E-state index in [0.717, 1.165) is 16.5 Å². The molecule has 1 saturated heterocycles. The van der Waals surface area contributed by atoms with Gasteiger partial charge in [0.15, 0.2) is 11.5 Å². The second-order valence-electron chi connectivity index (χ2n) is 7.75. The Morgan fingerprint density at radius 3 is 2.53 bits per heavy atom. The van der Waals surface area contributed by atoms with Crippen molar-refractivity contribution >= 4 is 10.9 Å². The van der Waals surface area contributed by atoms with Crippen LogP contribution in [0.4, 0.5) is 0 Å². The first kappa shape index (κ1) is 20.6. The normalized spacial score (nSPS) is 17.6. The lowest BCUT2D eigenvalue weighted by atomic mass is 9.84. The van der Waals surface area contributed by atoms with Crippen molar-refractivity contribution < 1.29 is 19.7 Å². The molecular weight excluding hydrogens is 380 g/mol. The molecule has 6 heteroatoms. The van der Waals surface area contributed by atoms with E-state index < -0.39 is 11.8 Å². The van der Waals surface area contributed by atoms with E-state index in [-0.39, 0.29) is 0 Å². The van der Waals surface area contributed by atoms with Gasteiger partial charge in [-0.15, -0.1) is 0 Å². The van der Waals surface area contributed by atoms with Gasteiger partial charge in [-0.3, -0.25) is 9.88 Å². The first-order valence-electron chi connectivity index (χ1n) is 10.3. The number of hydrogen-bond donors (Lipinski definition) is 2. The van der Waals surface area contributed by atoms with Crippen molar-refractivity contribution in [1.29, 1.82) is 0 Å². The molecule has 6 nitrogen and oxygen atoms in total. The number of aromatic nitrogens is 1. The fraction of sp³-hybridized carbons (Fsp3) is 0.375. The fourth-order valence-electron chi connectivity index (χ4n) is 4.00. The maximum atomic E-state index is 11.2. The van der Waals surface area contributed by atoms with Crippen molar-refractivity contribution in [2.75, 3.05) is 26.8 Å². The van der Waals surface area contributed by atoms with Crippen LogP contribution < -0.4 is 9.47 Å². The van der Waals surface area contributed by atoms with Crippen LogP contribution >= 0.6 is 0 Å². The van der Waals surface area contributed by atoms with Crippen molar-refractivity contribution in [2.45, 2.75) is 31.1 Å². The Morgan fingerprint density at radius 2 is 1.77 bits per heavy atom. The largest absolute Gasteiger partial charge is 0.493 e. The van der Waals surface area contributed by atoms with Gasteiger partial charge < -0.3 is 19.7 Å². The van der Waals surface area contributed by atoms with E-state index >= 15 is 0 Å². The Kier molecular flexibility index (Phi) is 6.18. The molecular formula is C24H28N2O4. The van der Waals surface area contributed by atoms with Crippen molar-refractivity contribution in [3.8, 4) is 11.5 Å². The summed E-state index contributed by atoms with van der Waals surface area (Å²) in [5, 5.41) is 22.8. The molecule has 0 amide bonds. The molecule has 3 aromatic rings. The highest BCUT2D eigenvalue weighted by Gasteiger charge is 2.36. The summed E-state index contributed by atoms with van der Waals surface area (Å²) in [6.07, 6.45) is 2.75. The number of hydrogen-bond acceptors (Lipinski definition) is 6. The summed E-state index contributed by atoms with van der Waals surface area (Å²) < 4.78 is 11.1. The fourth-order valence-corrected chi connectivity index (χ4v) is 4.00. The zero-order valence-corrected chi connectivity index (χ0v) is 17.2. The molecule has 2 heterocycles. The number of fused-ring (bicyclic) bond motifs is 1. The Balaban J connectivity index is 1.31. The minimum atomic E-state index is -0.916. The average Bonchev–Trinajstić information content (AvgIpc) is 2.79. The molecule has 1 aromatic heterocycles.